The summed E-state index contributed by atoms with van der Waals surface area (Å²) in [5.74, 6) is -0.749. The third kappa shape index (κ3) is 3.12. The molecular weight excluding hydrogens is 362 g/mol. The number of carbonyl (C=O) groups excluding carboxylic acids is 2. The summed E-state index contributed by atoms with van der Waals surface area (Å²) in [6, 6.07) is 6.51. The smallest absolute Gasteiger partial charge is 0.328 e. The zero-order valence-electron chi connectivity index (χ0n) is 13.8. The lowest BCUT2D eigenvalue weighted by Gasteiger charge is -2.32. The monoisotopic (exact) mass is 379 g/mol. The number of carbonyl (C=O) groups is 2. The zero-order chi connectivity index (χ0) is 18.2. The molecule has 0 saturated heterocycles. The maximum absolute atomic E-state index is 13.1. The van der Waals surface area contributed by atoms with Crippen molar-refractivity contribution in [2.45, 2.75) is 24.3 Å². The van der Waals surface area contributed by atoms with Crippen LogP contribution in [0.1, 0.15) is 33.8 Å². The van der Waals surface area contributed by atoms with E-state index in [-0.39, 0.29) is 17.2 Å². The SMILES string of the molecule is COC(=O)C1c2ccsc2CCN1S(=O)(=O)c1ccc(C(C)=O)cc1. The molecular formula is C17H17NO5S2. The Hall–Kier alpha value is -2.03. The first kappa shape index (κ1) is 17.8. The first-order chi connectivity index (χ1) is 11.9. The number of hydrogen-bond donors (Lipinski definition) is 0. The average Bonchev–Trinajstić information content (AvgIpc) is 3.08. The van der Waals surface area contributed by atoms with Gasteiger partial charge in [-0.2, -0.15) is 4.31 Å². The lowest BCUT2D eigenvalue weighted by molar-refractivity contribution is -0.145. The van der Waals surface area contributed by atoms with Crippen LogP contribution in [0.5, 0.6) is 0 Å². The fourth-order valence-corrected chi connectivity index (χ4v) is 5.37. The van der Waals surface area contributed by atoms with E-state index >= 15 is 0 Å². The number of thiophene rings is 1. The number of methoxy groups -OCH3 is 1. The van der Waals surface area contributed by atoms with Gasteiger partial charge in [-0.15, -0.1) is 11.3 Å². The normalized spacial score (nSPS) is 17.8. The van der Waals surface area contributed by atoms with Gasteiger partial charge in [0.15, 0.2) is 5.78 Å². The van der Waals surface area contributed by atoms with Gasteiger partial charge < -0.3 is 4.74 Å². The molecule has 3 rings (SSSR count). The van der Waals surface area contributed by atoms with E-state index in [2.05, 4.69) is 0 Å². The Morgan fingerprint density at radius 1 is 1.20 bits per heavy atom. The molecule has 0 bridgehead atoms. The van der Waals surface area contributed by atoms with Crippen molar-refractivity contribution in [3.8, 4) is 0 Å². The third-order valence-corrected chi connectivity index (χ3v) is 7.09. The highest BCUT2D eigenvalue weighted by Gasteiger charge is 2.41. The summed E-state index contributed by atoms with van der Waals surface area (Å²) in [6.45, 7) is 1.61. The highest BCUT2D eigenvalue weighted by molar-refractivity contribution is 7.89. The third-order valence-electron chi connectivity index (χ3n) is 4.21. The van der Waals surface area contributed by atoms with E-state index < -0.39 is 22.0 Å². The van der Waals surface area contributed by atoms with Crippen molar-refractivity contribution in [2.24, 2.45) is 0 Å². The molecule has 25 heavy (non-hydrogen) atoms. The van der Waals surface area contributed by atoms with Crippen molar-refractivity contribution >= 4 is 33.1 Å². The second-order valence-electron chi connectivity index (χ2n) is 5.67. The molecule has 0 aliphatic carbocycles. The van der Waals surface area contributed by atoms with Crippen molar-refractivity contribution < 1.29 is 22.7 Å². The van der Waals surface area contributed by atoms with Gasteiger partial charge in [-0.25, -0.2) is 13.2 Å². The van der Waals surface area contributed by atoms with Crippen LogP contribution in [0.25, 0.3) is 0 Å². The number of benzene rings is 1. The molecule has 132 valence electrons. The Kier molecular flexibility index (Phi) is 4.77. The van der Waals surface area contributed by atoms with Gasteiger partial charge in [-0.1, -0.05) is 12.1 Å². The molecule has 1 atom stereocenters. The number of hydrogen-bond acceptors (Lipinski definition) is 6. The summed E-state index contributed by atoms with van der Waals surface area (Å²) >= 11 is 1.50. The van der Waals surface area contributed by atoms with Crippen LogP contribution in [0.2, 0.25) is 0 Å². The van der Waals surface area contributed by atoms with E-state index in [1.54, 1.807) is 6.07 Å². The number of nitrogens with zero attached hydrogens (tertiary/aromatic N) is 1. The molecule has 2 aromatic rings. The van der Waals surface area contributed by atoms with Crippen LogP contribution in [-0.4, -0.2) is 38.1 Å². The fourth-order valence-electron chi connectivity index (χ4n) is 2.91. The second kappa shape index (κ2) is 6.70. The van der Waals surface area contributed by atoms with Crippen LogP contribution in [-0.2, 0) is 26.0 Å². The Labute approximate surface area is 150 Å². The average molecular weight is 379 g/mol. The minimum absolute atomic E-state index is 0.0464. The van der Waals surface area contributed by atoms with Crippen LogP contribution >= 0.6 is 11.3 Å². The summed E-state index contributed by atoms with van der Waals surface area (Å²) in [5, 5.41) is 1.85. The highest BCUT2D eigenvalue weighted by Crippen LogP contribution is 2.37. The Balaban J connectivity index is 2.03. The number of sulfonamides is 1. The van der Waals surface area contributed by atoms with Gasteiger partial charge in [0.2, 0.25) is 10.0 Å². The number of ketones is 1. The molecule has 1 aromatic carbocycles. The van der Waals surface area contributed by atoms with Crippen molar-refractivity contribution in [2.75, 3.05) is 13.7 Å². The summed E-state index contributed by atoms with van der Waals surface area (Å²) in [6.07, 6.45) is 0.547. The summed E-state index contributed by atoms with van der Waals surface area (Å²) < 4.78 is 32.2. The van der Waals surface area contributed by atoms with Gasteiger partial charge in [0.1, 0.15) is 6.04 Å². The van der Waals surface area contributed by atoms with Gasteiger partial charge in [0.05, 0.1) is 12.0 Å². The first-order valence-electron chi connectivity index (χ1n) is 7.63. The molecule has 1 aliphatic heterocycles. The Morgan fingerprint density at radius 3 is 2.48 bits per heavy atom. The quantitative estimate of drug-likeness (QED) is 0.602. The Bertz CT molecular complexity index is 915. The lowest BCUT2D eigenvalue weighted by atomic mass is 10.0. The van der Waals surface area contributed by atoms with Gasteiger partial charge in [-0.05, 0) is 42.5 Å². The molecule has 0 radical (unpaired) electrons. The molecule has 1 unspecified atom stereocenters. The largest absolute Gasteiger partial charge is 0.468 e. The summed E-state index contributed by atoms with van der Waals surface area (Å²) in [5.41, 5.74) is 1.11. The number of ether oxygens (including phenoxy) is 1. The maximum Gasteiger partial charge on any atom is 0.328 e. The molecule has 2 heterocycles. The van der Waals surface area contributed by atoms with E-state index in [1.807, 2.05) is 5.38 Å². The lowest BCUT2D eigenvalue weighted by Crippen LogP contribution is -2.43. The first-order valence-corrected chi connectivity index (χ1v) is 9.95. The van der Waals surface area contributed by atoms with Crippen molar-refractivity contribution in [3.63, 3.8) is 0 Å². The number of rotatable bonds is 4. The van der Waals surface area contributed by atoms with Crippen molar-refractivity contribution in [1.82, 2.24) is 4.31 Å². The number of fused-ring (bicyclic) bond motifs is 1. The molecule has 1 aromatic heterocycles. The Morgan fingerprint density at radius 2 is 1.88 bits per heavy atom. The molecule has 0 spiro atoms. The van der Waals surface area contributed by atoms with Gasteiger partial charge in [0.25, 0.3) is 0 Å². The van der Waals surface area contributed by atoms with E-state index in [0.717, 1.165) is 4.88 Å². The molecule has 1 aliphatic rings. The predicted molar refractivity (Wildman–Crippen MR) is 93.1 cm³/mol. The summed E-state index contributed by atoms with van der Waals surface area (Å²) in [4.78, 5) is 24.7. The topological polar surface area (TPSA) is 80.8 Å². The second-order valence-corrected chi connectivity index (χ2v) is 8.56. The van der Waals surface area contributed by atoms with Gasteiger partial charge in [-0.3, -0.25) is 4.79 Å². The maximum atomic E-state index is 13.1. The number of Topliss-reactive ketones (excluding diaryl/α,β-unsaturated/α-hetero) is 1. The predicted octanol–water partition coefficient (Wildman–Crippen LogP) is 2.41. The molecule has 0 saturated carbocycles. The number of esters is 1. The van der Waals surface area contributed by atoms with Crippen molar-refractivity contribution in [3.05, 3.63) is 51.7 Å². The van der Waals surface area contributed by atoms with Gasteiger partial charge in [0, 0.05) is 17.0 Å². The fraction of sp³-hybridized carbons (Fsp3) is 0.294. The van der Waals surface area contributed by atoms with E-state index in [4.69, 9.17) is 4.74 Å². The minimum atomic E-state index is -3.90. The van der Waals surface area contributed by atoms with Crippen LogP contribution in [0.3, 0.4) is 0 Å². The zero-order valence-corrected chi connectivity index (χ0v) is 15.4. The molecule has 6 nitrogen and oxygen atoms in total. The minimum Gasteiger partial charge on any atom is -0.468 e. The standard InChI is InChI=1S/C17H17NO5S2/c1-11(19)12-3-5-13(6-4-12)25(21,22)18-9-7-15-14(8-10-24-15)16(18)17(20)23-2/h3-6,8,10,16H,7,9H2,1-2H3. The van der Waals surface area contributed by atoms with Crippen LogP contribution < -0.4 is 0 Å². The summed E-state index contributed by atoms with van der Waals surface area (Å²) in [7, 11) is -2.66. The highest BCUT2D eigenvalue weighted by atomic mass is 32.2. The molecule has 0 fully saturated rings. The van der Waals surface area contributed by atoms with Crippen LogP contribution in [0.15, 0.2) is 40.6 Å². The van der Waals surface area contributed by atoms with Crippen LogP contribution in [0, 0.1) is 0 Å². The van der Waals surface area contributed by atoms with Crippen LogP contribution in [0.4, 0.5) is 0 Å². The molecule has 0 amide bonds. The van der Waals surface area contributed by atoms with Crippen molar-refractivity contribution in [1.29, 1.82) is 0 Å². The molecule has 8 heteroatoms. The van der Waals surface area contributed by atoms with E-state index in [9.17, 15) is 18.0 Å². The van der Waals surface area contributed by atoms with E-state index in [1.165, 1.54) is 53.9 Å². The molecule has 0 N–H and O–H groups in total. The van der Waals surface area contributed by atoms with E-state index in [0.29, 0.717) is 17.5 Å². The van der Waals surface area contributed by atoms with Gasteiger partial charge >= 0.3 is 5.97 Å².